The molecule has 5 heteroatoms. The van der Waals surface area contributed by atoms with Crippen LogP contribution >= 0.6 is 28.3 Å². The number of aromatic hydroxyl groups is 1. The number of nitrogens with one attached hydrogen (secondary N) is 2. The summed E-state index contributed by atoms with van der Waals surface area (Å²) in [5, 5.41) is 16.3. The van der Waals surface area contributed by atoms with Crippen LogP contribution in [-0.4, -0.2) is 24.7 Å². The molecule has 3 nitrogen and oxygen atoms in total. The monoisotopic (exact) mass is 292 g/mol. The largest absolute Gasteiger partial charge is 0.508 e. The number of hydrogen-bond acceptors (Lipinski definition) is 3. The van der Waals surface area contributed by atoms with E-state index >= 15 is 0 Å². The van der Waals surface area contributed by atoms with Crippen molar-refractivity contribution in [2.45, 2.75) is 6.04 Å². The van der Waals surface area contributed by atoms with Crippen LogP contribution in [0.15, 0.2) is 22.7 Å². The molecular formula is C10H14BrClN2O. The molecule has 1 aromatic rings. The van der Waals surface area contributed by atoms with Gasteiger partial charge in [-0.3, -0.25) is 0 Å². The minimum atomic E-state index is 0. The zero-order valence-corrected chi connectivity index (χ0v) is 10.6. The van der Waals surface area contributed by atoms with Gasteiger partial charge < -0.3 is 15.7 Å². The summed E-state index contributed by atoms with van der Waals surface area (Å²) in [4.78, 5) is 0. The molecule has 3 N–H and O–H groups in total. The van der Waals surface area contributed by atoms with Crippen LogP contribution in [0.3, 0.4) is 0 Å². The fraction of sp³-hybridized carbons (Fsp3) is 0.400. The smallest absolute Gasteiger partial charge is 0.120 e. The van der Waals surface area contributed by atoms with Gasteiger partial charge in [-0.1, -0.05) is 15.9 Å². The molecule has 15 heavy (non-hydrogen) atoms. The number of phenols is 1. The average molecular weight is 294 g/mol. The maximum Gasteiger partial charge on any atom is 0.120 e. The second-order valence-electron chi connectivity index (χ2n) is 3.41. The summed E-state index contributed by atoms with van der Waals surface area (Å²) < 4.78 is 0.998. The third-order valence-corrected chi connectivity index (χ3v) is 2.90. The summed E-state index contributed by atoms with van der Waals surface area (Å²) in [6.45, 7) is 2.80. The third kappa shape index (κ3) is 3.08. The lowest BCUT2D eigenvalue weighted by molar-refractivity contribution is 0.404. The fourth-order valence-corrected chi connectivity index (χ4v) is 2.06. The number of benzene rings is 1. The molecule has 1 aromatic carbocycles. The number of hydrogen-bond donors (Lipinski definition) is 3. The van der Waals surface area contributed by atoms with Gasteiger partial charge in [-0.05, 0) is 18.2 Å². The van der Waals surface area contributed by atoms with Crippen molar-refractivity contribution in [3.63, 3.8) is 0 Å². The molecule has 0 spiro atoms. The van der Waals surface area contributed by atoms with Crippen molar-refractivity contribution in [1.29, 1.82) is 0 Å². The molecule has 0 aliphatic carbocycles. The molecule has 0 bridgehead atoms. The maximum atomic E-state index is 9.70. The zero-order valence-electron chi connectivity index (χ0n) is 8.16. The Morgan fingerprint density at radius 1 is 1.33 bits per heavy atom. The van der Waals surface area contributed by atoms with Gasteiger partial charge >= 0.3 is 0 Å². The van der Waals surface area contributed by atoms with Crippen molar-refractivity contribution in [2.24, 2.45) is 0 Å². The molecule has 1 heterocycles. The van der Waals surface area contributed by atoms with E-state index in [4.69, 9.17) is 0 Å². The Labute approximate surface area is 104 Å². The van der Waals surface area contributed by atoms with E-state index in [1.165, 1.54) is 0 Å². The lowest BCUT2D eigenvalue weighted by Gasteiger charge is -2.25. The SMILES string of the molecule is Cl.Oc1ccc(Br)cc1[C@H]1CNCCN1. The molecule has 1 fully saturated rings. The highest BCUT2D eigenvalue weighted by Gasteiger charge is 2.17. The van der Waals surface area contributed by atoms with Gasteiger partial charge in [-0.15, -0.1) is 12.4 Å². The van der Waals surface area contributed by atoms with Crippen molar-refractivity contribution in [2.75, 3.05) is 19.6 Å². The zero-order chi connectivity index (χ0) is 9.97. The average Bonchev–Trinajstić information content (AvgIpc) is 2.23. The summed E-state index contributed by atoms with van der Waals surface area (Å²) >= 11 is 3.40. The van der Waals surface area contributed by atoms with E-state index < -0.39 is 0 Å². The van der Waals surface area contributed by atoms with Crippen LogP contribution in [0.25, 0.3) is 0 Å². The number of halogens is 2. The van der Waals surface area contributed by atoms with E-state index in [0.717, 1.165) is 29.7 Å². The Morgan fingerprint density at radius 3 is 2.80 bits per heavy atom. The van der Waals surface area contributed by atoms with E-state index in [-0.39, 0.29) is 18.4 Å². The first kappa shape index (κ1) is 12.8. The van der Waals surface area contributed by atoms with E-state index in [2.05, 4.69) is 26.6 Å². The predicted octanol–water partition coefficient (Wildman–Crippen LogP) is 1.81. The molecule has 0 radical (unpaired) electrons. The summed E-state index contributed by atoms with van der Waals surface area (Å²) in [5.41, 5.74) is 0.951. The van der Waals surface area contributed by atoms with Gasteiger partial charge in [0, 0.05) is 35.7 Å². The Balaban J connectivity index is 0.00000112. The number of piperazine rings is 1. The van der Waals surface area contributed by atoms with Gasteiger partial charge in [0.05, 0.1) is 0 Å². The molecule has 1 aliphatic heterocycles. The first-order chi connectivity index (χ1) is 6.77. The predicted molar refractivity (Wildman–Crippen MR) is 66.7 cm³/mol. The van der Waals surface area contributed by atoms with E-state index in [0.29, 0.717) is 5.75 Å². The minimum Gasteiger partial charge on any atom is -0.508 e. The number of rotatable bonds is 1. The molecule has 1 aliphatic rings. The summed E-state index contributed by atoms with van der Waals surface area (Å²) in [6.07, 6.45) is 0. The highest BCUT2D eigenvalue weighted by Crippen LogP contribution is 2.27. The fourth-order valence-electron chi connectivity index (χ4n) is 1.68. The Hall–Kier alpha value is -0.290. The Morgan fingerprint density at radius 2 is 2.13 bits per heavy atom. The Kier molecular flexibility index (Phi) is 4.86. The van der Waals surface area contributed by atoms with Crippen LogP contribution in [0.1, 0.15) is 11.6 Å². The molecule has 0 unspecified atom stereocenters. The lowest BCUT2D eigenvalue weighted by Crippen LogP contribution is -2.42. The van der Waals surface area contributed by atoms with Gasteiger partial charge in [0.2, 0.25) is 0 Å². The van der Waals surface area contributed by atoms with Crippen LogP contribution in [0.5, 0.6) is 5.75 Å². The normalized spacial score (nSPS) is 20.7. The van der Waals surface area contributed by atoms with Gasteiger partial charge in [-0.25, -0.2) is 0 Å². The van der Waals surface area contributed by atoms with Gasteiger partial charge in [0.25, 0.3) is 0 Å². The highest BCUT2D eigenvalue weighted by molar-refractivity contribution is 9.10. The van der Waals surface area contributed by atoms with E-state index in [1.54, 1.807) is 6.07 Å². The van der Waals surface area contributed by atoms with Crippen LogP contribution in [0.4, 0.5) is 0 Å². The van der Waals surface area contributed by atoms with Crippen LogP contribution in [-0.2, 0) is 0 Å². The summed E-state index contributed by atoms with van der Waals surface area (Å²) in [7, 11) is 0. The topological polar surface area (TPSA) is 44.3 Å². The molecule has 0 aromatic heterocycles. The van der Waals surface area contributed by atoms with E-state index in [1.807, 2.05) is 12.1 Å². The molecule has 2 rings (SSSR count). The van der Waals surface area contributed by atoms with Crippen LogP contribution < -0.4 is 10.6 Å². The van der Waals surface area contributed by atoms with Crippen molar-refractivity contribution in [1.82, 2.24) is 10.6 Å². The Bertz CT molecular complexity index is 329. The molecule has 0 saturated carbocycles. The van der Waals surface area contributed by atoms with Crippen molar-refractivity contribution < 1.29 is 5.11 Å². The quantitative estimate of drug-likeness (QED) is 0.740. The minimum absolute atomic E-state index is 0. The van der Waals surface area contributed by atoms with Crippen molar-refractivity contribution >= 4 is 28.3 Å². The van der Waals surface area contributed by atoms with Gasteiger partial charge in [0.15, 0.2) is 0 Å². The second-order valence-corrected chi connectivity index (χ2v) is 4.33. The third-order valence-electron chi connectivity index (χ3n) is 2.41. The molecule has 1 saturated heterocycles. The standard InChI is InChI=1S/C10H13BrN2O.ClH/c11-7-1-2-10(14)8(5-7)9-6-12-3-4-13-9;/h1-2,5,9,12-14H,3-4,6H2;1H/t9-;/m1./s1. The van der Waals surface area contributed by atoms with Gasteiger partial charge in [-0.2, -0.15) is 0 Å². The molecule has 84 valence electrons. The molecular weight excluding hydrogens is 279 g/mol. The van der Waals surface area contributed by atoms with Crippen molar-refractivity contribution in [3.8, 4) is 5.75 Å². The number of phenolic OH excluding ortho intramolecular Hbond substituents is 1. The first-order valence-corrected chi connectivity index (χ1v) is 5.49. The molecule has 0 amide bonds. The van der Waals surface area contributed by atoms with Gasteiger partial charge in [0.1, 0.15) is 5.75 Å². The lowest BCUT2D eigenvalue weighted by atomic mass is 10.0. The maximum absolute atomic E-state index is 9.70. The second kappa shape index (κ2) is 5.70. The van der Waals surface area contributed by atoms with Crippen LogP contribution in [0.2, 0.25) is 0 Å². The van der Waals surface area contributed by atoms with E-state index in [9.17, 15) is 5.11 Å². The summed E-state index contributed by atoms with van der Waals surface area (Å²) in [5.74, 6) is 0.356. The first-order valence-electron chi connectivity index (χ1n) is 4.70. The van der Waals surface area contributed by atoms with Crippen LogP contribution in [0, 0.1) is 0 Å². The summed E-state index contributed by atoms with van der Waals surface area (Å²) in [6, 6.07) is 5.73. The van der Waals surface area contributed by atoms with Crippen molar-refractivity contribution in [3.05, 3.63) is 28.2 Å². The molecule has 1 atom stereocenters. The highest BCUT2D eigenvalue weighted by atomic mass is 79.9.